The van der Waals surface area contributed by atoms with Gasteiger partial charge in [-0.3, -0.25) is 15.4 Å². The molecule has 2 heterocycles. The van der Waals surface area contributed by atoms with E-state index in [4.69, 9.17) is 0 Å². The van der Waals surface area contributed by atoms with Crippen molar-refractivity contribution in [2.24, 2.45) is 5.92 Å². The van der Waals surface area contributed by atoms with Crippen molar-refractivity contribution in [3.63, 3.8) is 0 Å². The Morgan fingerprint density at radius 3 is 2.70 bits per heavy atom. The number of amides is 3. The first-order chi connectivity index (χ1) is 11.1. The van der Waals surface area contributed by atoms with Gasteiger partial charge in [0.1, 0.15) is 0 Å². The van der Waals surface area contributed by atoms with E-state index in [2.05, 4.69) is 41.0 Å². The summed E-state index contributed by atoms with van der Waals surface area (Å²) in [5.41, 5.74) is 1.16. The number of benzene rings is 2. The monoisotopic (exact) mass is 309 g/mol. The van der Waals surface area contributed by atoms with Crippen molar-refractivity contribution < 1.29 is 9.59 Å². The molecule has 118 valence electrons. The minimum absolute atomic E-state index is 0.112. The van der Waals surface area contributed by atoms with Crippen LogP contribution in [0.5, 0.6) is 0 Å². The summed E-state index contributed by atoms with van der Waals surface area (Å²) in [5.74, 6) is -0.322. The first-order valence-electron chi connectivity index (χ1n) is 7.95. The van der Waals surface area contributed by atoms with E-state index in [1.54, 1.807) is 11.9 Å². The van der Waals surface area contributed by atoms with Crippen LogP contribution in [0.3, 0.4) is 0 Å². The SMILES string of the molecule is CN1C(=O)NC(=O)C2C(c3ccc4ccccc4c3)CCNC21. The molecule has 2 fully saturated rings. The van der Waals surface area contributed by atoms with Gasteiger partial charge < -0.3 is 4.90 Å². The molecule has 0 spiro atoms. The molecule has 4 rings (SSSR count). The Morgan fingerprint density at radius 1 is 1.09 bits per heavy atom. The topological polar surface area (TPSA) is 61.4 Å². The molecule has 2 aliphatic rings. The Bertz CT molecular complexity index is 789. The number of piperidine rings is 1. The predicted molar refractivity (Wildman–Crippen MR) is 87.9 cm³/mol. The number of hydrogen-bond acceptors (Lipinski definition) is 3. The van der Waals surface area contributed by atoms with Crippen LogP contribution in [0, 0.1) is 5.92 Å². The fourth-order valence-corrected chi connectivity index (χ4v) is 3.83. The van der Waals surface area contributed by atoms with Gasteiger partial charge in [0.25, 0.3) is 0 Å². The second-order valence-electron chi connectivity index (χ2n) is 6.33. The third-order valence-corrected chi connectivity index (χ3v) is 5.05. The first-order valence-corrected chi connectivity index (χ1v) is 7.95. The van der Waals surface area contributed by atoms with E-state index >= 15 is 0 Å². The van der Waals surface area contributed by atoms with E-state index in [0.29, 0.717) is 0 Å². The van der Waals surface area contributed by atoms with Gasteiger partial charge in [-0.25, -0.2) is 4.79 Å². The van der Waals surface area contributed by atoms with E-state index in [1.165, 1.54) is 10.8 Å². The Hall–Kier alpha value is -2.40. The molecule has 3 atom stereocenters. The average Bonchev–Trinajstić information content (AvgIpc) is 2.58. The maximum Gasteiger partial charge on any atom is 0.325 e. The van der Waals surface area contributed by atoms with Crippen molar-refractivity contribution in [3.05, 3.63) is 48.0 Å². The van der Waals surface area contributed by atoms with Gasteiger partial charge in [-0.2, -0.15) is 0 Å². The van der Waals surface area contributed by atoms with Crippen molar-refractivity contribution in [2.45, 2.75) is 18.5 Å². The second kappa shape index (κ2) is 5.35. The molecule has 0 aliphatic carbocycles. The molecule has 2 aromatic rings. The molecule has 2 N–H and O–H groups in total. The van der Waals surface area contributed by atoms with Gasteiger partial charge in [-0.1, -0.05) is 42.5 Å². The highest BCUT2D eigenvalue weighted by Gasteiger charge is 2.46. The van der Waals surface area contributed by atoms with Crippen LogP contribution in [0.25, 0.3) is 10.8 Å². The molecule has 0 aromatic heterocycles. The lowest BCUT2D eigenvalue weighted by molar-refractivity contribution is -0.130. The molecule has 5 nitrogen and oxygen atoms in total. The fourth-order valence-electron chi connectivity index (χ4n) is 3.83. The summed E-state index contributed by atoms with van der Waals surface area (Å²) in [6.07, 6.45) is 0.649. The Labute approximate surface area is 134 Å². The highest BCUT2D eigenvalue weighted by Crippen LogP contribution is 2.37. The number of nitrogens with one attached hydrogen (secondary N) is 2. The molecule has 2 aliphatic heterocycles. The maximum absolute atomic E-state index is 12.4. The predicted octanol–water partition coefficient (Wildman–Crippen LogP) is 2.04. The normalized spacial score (nSPS) is 27.7. The lowest BCUT2D eigenvalue weighted by Gasteiger charge is -2.45. The standard InChI is InChI=1S/C18H19N3O2/c1-21-16-15(17(22)20-18(21)23)14(8-9-19-16)13-7-6-11-4-2-3-5-12(11)10-13/h2-7,10,14-16,19H,8-9H2,1H3,(H,20,22,23). The highest BCUT2D eigenvalue weighted by atomic mass is 16.2. The third kappa shape index (κ3) is 2.28. The molecule has 0 saturated carbocycles. The summed E-state index contributed by atoms with van der Waals surface area (Å²) >= 11 is 0. The molecule has 5 heteroatoms. The highest BCUT2D eigenvalue weighted by molar-refractivity contribution is 5.99. The minimum atomic E-state index is -0.331. The quantitative estimate of drug-likeness (QED) is 0.847. The molecule has 3 unspecified atom stereocenters. The molecule has 2 saturated heterocycles. The zero-order chi connectivity index (χ0) is 16.0. The van der Waals surface area contributed by atoms with Crippen LogP contribution in [-0.2, 0) is 4.79 Å². The van der Waals surface area contributed by atoms with E-state index in [9.17, 15) is 9.59 Å². The number of hydrogen-bond donors (Lipinski definition) is 2. The van der Waals surface area contributed by atoms with Crippen molar-refractivity contribution >= 4 is 22.7 Å². The number of carbonyl (C=O) groups excluding carboxylic acids is 2. The Morgan fingerprint density at radius 2 is 1.87 bits per heavy atom. The van der Waals surface area contributed by atoms with Crippen LogP contribution >= 0.6 is 0 Å². The third-order valence-electron chi connectivity index (χ3n) is 5.05. The van der Waals surface area contributed by atoms with Crippen molar-refractivity contribution in [2.75, 3.05) is 13.6 Å². The number of fused-ring (bicyclic) bond motifs is 2. The lowest BCUT2D eigenvalue weighted by atomic mass is 9.77. The van der Waals surface area contributed by atoms with Crippen molar-refractivity contribution in [1.29, 1.82) is 0 Å². The molecule has 3 amide bonds. The van der Waals surface area contributed by atoms with E-state index in [1.807, 2.05) is 12.1 Å². The van der Waals surface area contributed by atoms with E-state index in [-0.39, 0.29) is 29.9 Å². The largest absolute Gasteiger partial charge is 0.325 e. The van der Waals surface area contributed by atoms with Gasteiger partial charge in [0.15, 0.2) is 0 Å². The van der Waals surface area contributed by atoms with E-state index in [0.717, 1.165) is 18.5 Å². The molecular formula is C18H19N3O2. The van der Waals surface area contributed by atoms with Gasteiger partial charge in [-0.05, 0) is 29.3 Å². The fraction of sp³-hybridized carbons (Fsp3) is 0.333. The molecule has 0 radical (unpaired) electrons. The Balaban J connectivity index is 1.74. The first kappa shape index (κ1) is 14.2. The zero-order valence-electron chi connectivity index (χ0n) is 13.0. The number of nitrogens with zero attached hydrogens (tertiary/aromatic N) is 1. The molecule has 23 heavy (non-hydrogen) atoms. The van der Waals surface area contributed by atoms with Crippen LogP contribution in [0.1, 0.15) is 17.9 Å². The summed E-state index contributed by atoms with van der Waals surface area (Å²) in [7, 11) is 1.73. The van der Waals surface area contributed by atoms with E-state index < -0.39 is 0 Å². The average molecular weight is 309 g/mol. The molecular weight excluding hydrogens is 290 g/mol. The van der Waals surface area contributed by atoms with Crippen molar-refractivity contribution in [1.82, 2.24) is 15.5 Å². The number of rotatable bonds is 1. The Kier molecular flexibility index (Phi) is 3.31. The number of carbonyl (C=O) groups is 2. The van der Waals surface area contributed by atoms with Crippen LogP contribution < -0.4 is 10.6 Å². The molecule has 0 bridgehead atoms. The number of urea groups is 1. The maximum atomic E-state index is 12.4. The van der Waals surface area contributed by atoms with Crippen LogP contribution in [-0.4, -0.2) is 36.6 Å². The van der Waals surface area contributed by atoms with Gasteiger partial charge >= 0.3 is 6.03 Å². The van der Waals surface area contributed by atoms with Gasteiger partial charge in [0.2, 0.25) is 5.91 Å². The van der Waals surface area contributed by atoms with Crippen molar-refractivity contribution in [3.8, 4) is 0 Å². The second-order valence-corrected chi connectivity index (χ2v) is 6.33. The summed E-state index contributed by atoms with van der Waals surface area (Å²) in [6, 6.07) is 14.3. The smallest absolute Gasteiger partial charge is 0.311 e. The van der Waals surface area contributed by atoms with Crippen LogP contribution in [0.4, 0.5) is 4.79 Å². The molecule has 2 aromatic carbocycles. The lowest BCUT2D eigenvalue weighted by Crippen LogP contribution is -2.66. The van der Waals surface area contributed by atoms with Gasteiger partial charge in [-0.15, -0.1) is 0 Å². The summed E-state index contributed by atoms with van der Waals surface area (Å²) in [4.78, 5) is 25.9. The van der Waals surface area contributed by atoms with Gasteiger partial charge in [0, 0.05) is 13.0 Å². The van der Waals surface area contributed by atoms with Crippen LogP contribution in [0.2, 0.25) is 0 Å². The van der Waals surface area contributed by atoms with Crippen LogP contribution in [0.15, 0.2) is 42.5 Å². The zero-order valence-corrected chi connectivity index (χ0v) is 13.0. The summed E-state index contributed by atoms with van der Waals surface area (Å²) < 4.78 is 0. The minimum Gasteiger partial charge on any atom is -0.311 e. The number of imide groups is 1. The summed E-state index contributed by atoms with van der Waals surface area (Å²) in [6.45, 7) is 0.795. The summed E-state index contributed by atoms with van der Waals surface area (Å²) in [5, 5.41) is 8.16. The van der Waals surface area contributed by atoms with Gasteiger partial charge in [0.05, 0.1) is 12.1 Å².